The molecule has 1 atom stereocenters. The molecule has 0 fully saturated rings. The SMILES string of the molecule is CCOC(=O)C1=C(C)N(C)C(=S)NC1c1cccc(NC(=O)c2ccc(C)cc2)c1. The average Bonchev–Trinajstić information content (AvgIpc) is 2.72. The highest BCUT2D eigenvalue weighted by Gasteiger charge is 2.33. The van der Waals surface area contributed by atoms with Gasteiger partial charge in [-0.25, -0.2) is 4.79 Å². The number of aryl methyl sites for hydroxylation is 1. The molecule has 0 saturated carbocycles. The maximum atomic E-state index is 12.7. The van der Waals surface area contributed by atoms with Crippen molar-refractivity contribution in [2.45, 2.75) is 26.8 Å². The summed E-state index contributed by atoms with van der Waals surface area (Å²) in [6, 6.07) is 14.3. The molecule has 6 nitrogen and oxygen atoms in total. The van der Waals surface area contributed by atoms with Gasteiger partial charge in [-0.1, -0.05) is 29.8 Å². The highest BCUT2D eigenvalue weighted by atomic mass is 32.1. The minimum absolute atomic E-state index is 0.198. The number of allylic oxidation sites excluding steroid dienone is 1. The van der Waals surface area contributed by atoms with Crippen LogP contribution in [0.3, 0.4) is 0 Å². The van der Waals surface area contributed by atoms with Gasteiger partial charge in [0.05, 0.1) is 18.2 Å². The molecule has 1 heterocycles. The van der Waals surface area contributed by atoms with Crippen molar-refractivity contribution in [3.63, 3.8) is 0 Å². The lowest BCUT2D eigenvalue weighted by Crippen LogP contribution is -2.46. The van der Waals surface area contributed by atoms with Crippen molar-refractivity contribution in [3.05, 3.63) is 76.5 Å². The molecule has 1 aliphatic heterocycles. The van der Waals surface area contributed by atoms with E-state index in [1.807, 2.05) is 50.2 Å². The lowest BCUT2D eigenvalue weighted by atomic mass is 9.95. The molecule has 2 N–H and O–H groups in total. The van der Waals surface area contributed by atoms with Crippen LogP contribution in [0, 0.1) is 6.92 Å². The van der Waals surface area contributed by atoms with Gasteiger partial charge in [0.1, 0.15) is 0 Å². The number of carbonyl (C=O) groups excluding carboxylic acids is 2. The van der Waals surface area contributed by atoms with Crippen LogP contribution in [0.1, 0.15) is 41.4 Å². The Bertz CT molecular complexity index is 1010. The number of anilines is 1. The first-order chi connectivity index (χ1) is 14.3. The van der Waals surface area contributed by atoms with E-state index in [0.29, 0.717) is 21.9 Å². The van der Waals surface area contributed by atoms with Gasteiger partial charge in [0, 0.05) is 24.0 Å². The van der Waals surface area contributed by atoms with Crippen molar-refractivity contribution < 1.29 is 14.3 Å². The first kappa shape index (κ1) is 21.5. The second-order valence-corrected chi connectivity index (χ2v) is 7.49. The van der Waals surface area contributed by atoms with Crippen LogP contribution in [-0.4, -0.2) is 35.5 Å². The number of hydrogen-bond acceptors (Lipinski definition) is 4. The fraction of sp³-hybridized carbons (Fsp3) is 0.261. The highest BCUT2D eigenvalue weighted by Crippen LogP contribution is 2.32. The topological polar surface area (TPSA) is 70.7 Å². The summed E-state index contributed by atoms with van der Waals surface area (Å²) in [6.45, 7) is 5.87. The Labute approximate surface area is 181 Å². The number of rotatable bonds is 5. The lowest BCUT2D eigenvalue weighted by molar-refractivity contribution is -0.139. The normalized spacial score (nSPS) is 16.2. The van der Waals surface area contributed by atoms with Gasteiger partial charge in [0.15, 0.2) is 5.11 Å². The number of ether oxygens (including phenoxy) is 1. The number of benzene rings is 2. The number of hydrogen-bond donors (Lipinski definition) is 2. The van der Waals surface area contributed by atoms with Gasteiger partial charge < -0.3 is 20.3 Å². The highest BCUT2D eigenvalue weighted by molar-refractivity contribution is 7.80. The van der Waals surface area contributed by atoms with Gasteiger partial charge >= 0.3 is 5.97 Å². The molecule has 156 valence electrons. The number of esters is 1. The molecule has 0 spiro atoms. The van der Waals surface area contributed by atoms with Crippen molar-refractivity contribution >= 4 is 34.9 Å². The Hall–Kier alpha value is -3.19. The zero-order chi connectivity index (χ0) is 21.8. The second kappa shape index (κ2) is 9.09. The predicted molar refractivity (Wildman–Crippen MR) is 121 cm³/mol. The minimum atomic E-state index is -0.469. The summed E-state index contributed by atoms with van der Waals surface area (Å²) in [5.41, 5.74) is 4.32. The smallest absolute Gasteiger partial charge is 0.338 e. The molecule has 1 amide bonds. The Morgan fingerprint density at radius 3 is 2.53 bits per heavy atom. The van der Waals surface area contributed by atoms with Gasteiger partial charge in [-0.2, -0.15) is 0 Å². The van der Waals surface area contributed by atoms with Crippen LogP contribution in [0.4, 0.5) is 5.69 Å². The van der Waals surface area contributed by atoms with Crippen LogP contribution in [0.15, 0.2) is 59.8 Å². The van der Waals surface area contributed by atoms with E-state index in [2.05, 4.69) is 10.6 Å². The van der Waals surface area contributed by atoms with Crippen LogP contribution >= 0.6 is 12.2 Å². The third-order valence-electron chi connectivity index (χ3n) is 5.04. The van der Waals surface area contributed by atoms with E-state index in [1.54, 1.807) is 31.0 Å². The Balaban J connectivity index is 1.91. The van der Waals surface area contributed by atoms with Crippen molar-refractivity contribution in [2.75, 3.05) is 19.0 Å². The number of carbonyl (C=O) groups is 2. The van der Waals surface area contributed by atoms with E-state index in [4.69, 9.17) is 17.0 Å². The molecule has 0 aromatic heterocycles. The molecule has 2 aromatic carbocycles. The monoisotopic (exact) mass is 423 g/mol. The number of amides is 1. The van der Waals surface area contributed by atoms with Crippen molar-refractivity contribution in [3.8, 4) is 0 Å². The number of nitrogens with one attached hydrogen (secondary N) is 2. The Kier molecular flexibility index (Phi) is 6.52. The summed E-state index contributed by atoms with van der Waals surface area (Å²) >= 11 is 5.42. The zero-order valence-electron chi connectivity index (χ0n) is 17.5. The molecular formula is C23H25N3O3S. The van der Waals surface area contributed by atoms with Gasteiger partial charge in [-0.05, 0) is 62.8 Å². The van der Waals surface area contributed by atoms with E-state index >= 15 is 0 Å². The molecule has 1 unspecified atom stereocenters. The molecule has 0 aliphatic carbocycles. The molecule has 7 heteroatoms. The van der Waals surface area contributed by atoms with Crippen LogP contribution in [0.25, 0.3) is 0 Å². The Morgan fingerprint density at radius 1 is 1.17 bits per heavy atom. The molecule has 0 saturated heterocycles. The molecular weight excluding hydrogens is 398 g/mol. The van der Waals surface area contributed by atoms with Crippen LogP contribution in [0.2, 0.25) is 0 Å². The first-order valence-corrected chi connectivity index (χ1v) is 10.1. The molecule has 2 aromatic rings. The van der Waals surface area contributed by atoms with Gasteiger partial charge in [-0.15, -0.1) is 0 Å². The number of thiocarbonyl (C=S) groups is 1. The van der Waals surface area contributed by atoms with E-state index in [9.17, 15) is 9.59 Å². The van der Waals surface area contributed by atoms with Crippen molar-refractivity contribution in [1.29, 1.82) is 0 Å². The molecule has 3 rings (SSSR count). The predicted octanol–water partition coefficient (Wildman–Crippen LogP) is 3.95. The summed E-state index contributed by atoms with van der Waals surface area (Å²) < 4.78 is 5.27. The van der Waals surface area contributed by atoms with E-state index in [-0.39, 0.29) is 12.5 Å². The first-order valence-electron chi connectivity index (χ1n) is 9.72. The summed E-state index contributed by atoms with van der Waals surface area (Å²) in [5.74, 6) is -0.590. The summed E-state index contributed by atoms with van der Waals surface area (Å²) in [4.78, 5) is 27.0. The van der Waals surface area contributed by atoms with Crippen LogP contribution in [-0.2, 0) is 9.53 Å². The minimum Gasteiger partial charge on any atom is -0.463 e. The van der Waals surface area contributed by atoms with Crippen molar-refractivity contribution in [2.24, 2.45) is 0 Å². The summed E-state index contributed by atoms with van der Waals surface area (Å²) in [6.07, 6.45) is 0. The number of nitrogens with zero attached hydrogens (tertiary/aromatic N) is 1. The summed E-state index contributed by atoms with van der Waals surface area (Å²) in [5, 5.41) is 6.64. The second-order valence-electron chi connectivity index (χ2n) is 7.11. The molecule has 0 bridgehead atoms. The van der Waals surface area contributed by atoms with E-state index in [0.717, 1.165) is 16.8 Å². The third kappa shape index (κ3) is 4.52. The standard InChI is InChI=1S/C23H25N3O3S/c1-5-29-22(28)19-15(3)26(4)23(30)25-20(19)17-7-6-8-18(13-17)24-21(27)16-11-9-14(2)10-12-16/h6-13,20H,5H2,1-4H3,(H,24,27)(H,25,30). The van der Waals surface area contributed by atoms with Gasteiger partial charge in [-0.3, -0.25) is 4.79 Å². The quantitative estimate of drug-likeness (QED) is 0.561. The van der Waals surface area contributed by atoms with Gasteiger partial charge in [0.2, 0.25) is 0 Å². The van der Waals surface area contributed by atoms with Crippen LogP contribution < -0.4 is 10.6 Å². The average molecular weight is 424 g/mol. The summed E-state index contributed by atoms with van der Waals surface area (Å²) in [7, 11) is 1.80. The van der Waals surface area contributed by atoms with E-state index < -0.39 is 12.0 Å². The molecule has 0 radical (unpaired) electrons. The zero-order valence-corrected chi connectivity index (χ0v) is 18.3. The third-order valence-corrected chi connectivity index (χ3v) is 5.43. The largest absolute Gasteiger partial charge is 0.463 e. The maximum Gasteiger partial charge on any atom is 0.338 e. The fourth-order valence-electron chi connectivity index (χ4n) is 3.26. The van der Waals surface area contributed by atoms with E-state index in [1.165, 1.54) is 0 Å². The Morgan fingerprint density at radius 2 is 1.87 bits per heavy atom. The maximum absolute atomic E-state index is 12.7. The van der Waals surface area contributed by atoms with Crippen LogP contribution in [0.5, 0.6) is 0 Å². The molecule has 30 heavy (non-hydrogen) atoms. The lowest BCUT2D eigenvalue weighted by Gasteiger charge is -2.35. The fourth-order valence-corrected chi connectivity index (χ4v) is 3.52. The molecule has 1 aliphatic rings. The van der Waals surface area contributed by atoms with Crippen molar-refractivity contribution in [1.82, 2.24) is 10.2 Å². The van der Waals surface area contributed by atoms with Gasteiger partial charge in [0.25, 0.3) is 5.91 Å².